The highest BCUT2D eigenvalue weighted by Gasteiger charge is 2.21. The summed E-state index contributed by atoms with van der Waals surface area (Å²) in [7, 11) is 1.61. The van der Waals surface area contributed by atoms with Crippen molar-refractivity contribution in [3.05, 3.63) is 76.6 Å². The smallest absolute Gasteiger partial charge is 0.290 e. The summed E-state index contributed by atoms with van der Waals surface area (Å²) >= 11 is 6.28. The third kappa shape index (κ3) is 9.47. The number of carbonyl (C=O) groups is 2. The minimum absolute atomic E-state index is 0.172. The first kappa shape index (κ1) is 35.3. The predicted molar refractivity (Wildman–Crippen MR) is 179 cm³/mol. The number of methoxy groups -OCH3 is 1. The van der Waals surface area contributed by atoms with Crippen LogP contribution < -0.4 is 16.4 Å². The first-order valence-electron chi connectivity index (χ1n) is 15.2. The van der Waals surface area contributed by atoms with Crippen LogP contribution in [0.5, 0.6) is 0 Å². The van der Waals surface area contributed by atoms with Gasteiger partial charge >= 0.3 is 0 Å². The van der Waals surface area contributed by atoms with Gasteiger partial charge in [0.1, 0.15) is 17.3 Å². The maximum absolute atomic E-state index is 13.9. The van der Waals surface area contributed by atoms with Gasteiger partial charge in [-0.05, 0) is 49.6 Å². The van der Waals surface area contributed by atoms with Crippen LogP contribution in [-0.4, -0.2) is 77.4 Å². The Hall–Kier alpha value is -4.59. The number of anilines is 1. The Balaban J connectivity index is 0.00000160. The molecule has 4 aromatic rings. The van der Waals surface area contributed by atoms with Crippen molar-refractivity contribution in [3.63, 3.8) is 0 Å². The van der Waals surface area contributed by atoms with Crippen LogP contribution in [-0.2, 0) is 14.3 Å². The normalized spacial score (nSPS) is 13.6. The molecule has 0 spiro atoms. The van der Waals surface area contributed by atoms with E-state index >= 15 is 0 Å². The second-order valence-electron chi connectivity index (χ2n) is 10.9. The molecule has 1 aromatic carbocycles. The molecule has 0 bridgehead atoms. The molecule has 0 atom stereocenters. The van der Waals surface area contributed by atoms with E-state index in [4.69, 9.17) is 36.7 Å². The number of nitrogens with one attached hydrogen (secondary N) is 2. The summed E-state index contributed by atoms with van der Waals surface area (Å²) in [6.07, 6.45) is 10.9. The molecule has 12 nitrogen and oxygen atoms in total. The molecule has 1 aliphatic carbocycles. The van der Waals surface area contributed by atoms with E-state index in [0.29, 0.717) is 42.6 Å². The molecular formula is C33H39ClFN7O5. The van der Waals surface area contributed by atoms with Crippen molar-refractivity contribution in [2.45, 2.75) is 45.1 Å². The van der Waals surface area contributed by atoms with Gasteiger partial charge in [-0.15, -0.1) is 0 Å². The van der Waals surface area contributed by atoms with Crippen molar-refractivity contribution < 1.29 is 28.6 Å². The summed E-state index contributed by atoms with van der Waals surface area (Å²) in [6, 6.07) is 8.04. The van der Waals surface area contributed by atoms with Crippen LogP contribution >= 0.6 is 11.6 Å². The molecule has 1 amide bonds. The number of amidine groups is 1. The summed E-state index contributed by atoms with van der Waals surface area (Å²) in [5.41, 5.74) is 11.9. The van der Waals surface area contributed by atoms with Crippen LogP contribution in [0.2, 0.25) is 5.02 Å². The molecule has 1 saturated carbocycles. The van der Waals surface area contributed by atoms with E-state index in [-0.39, 0.29) is 29.9 Å². The number of rotatable bonds is 12. The van der Waals surface area contributed by atoms with E-state index in [0.717, 1.165) is 53.6 Å². The average Bonchev–Trinajstić information content (AvgIpc) is 3.50. The van der Waals surface area contributed by atoms with Crippen molar-refractivity contribution in [2.75, 3.05) is 38.8 Å². The zero-order chi connectivity index (χ0) is 33.8. The monoisotopic (exact) mass is 667 g/mol. The van der Waals surface area contributed by atoms with Crippen molar-refractivity contribution >= 4 is 46.7 Å². The SMILES string of the molecule is COCCOCCNC(=O)c1cc(C)c(-c2cc3c(NC4CCCCC4)c(C(N)=Nc4cc(F)ccc4Cl)cnn3c2)cn1.O=CO. The zero-order valence-corrected chi connectivity index (χ0v) is 27.1. The highest BCUT2D eigenvalue weighted by Crippen LogP contribution is 2.33. The molecule has 0 aliphatic heterocycles. The first-order valence-corrected chi connectivity index (χ1v) is 15.6. The molecule has 3 aromatic heterocycles. The lowest BCUT2D eigenvalue weighted by molar-refractivity contribution is -0.122. The summed E-state index contributed by atoms with van der Waals surface area (Å²) in [5.74, 6) is -0.549. The predicted octanol–water partition coefficient (Wildman–Crippen LogP) is 5.37. The molecule has 47 heavy (non-hydrogen) atoms. The Kier molecular flexibility index (Phi) is 13.0. The number of halogens is 2. The quantitative estimate of drug-likeness (QED) is 0.0672. The lowest BCUT2D eigenvalue weighted by Gasteiger charge is -2.25. The number of nitrogens with zero attached hydrogens (tertiary/aromatic N) is 4. The molecule has 0 saturated heterocycles. The lowest BCUT2D eigenvalue weighted by atomic mass is 9.95. The Morgan fingerprint density at radius 3 is 2.68 bits per heavy atom. The number of carboxylic acid groups (broad SMARTS) is 1. The second kappa shape index (κ2) is 17.4. The van der Waals surface area contributed by atoms with Crippen molar-refractivity contribution in [1.29, 1.82) is 0 Å². The fourth-order valence-electron chi connectivity index (χ4n) is 5.32. The molecule has 0 unspecified atom stereocenters. The maximum Gasteiger partial charge on any atom is 0.290 e. The number of hydrogen-bond acceptors (Lipinski definition) is 8. The van der Waals surface area contributed by atoms with E-state index in [9.17, 15) is 9.18 Å². The van der Waals surface area contributed by atoms with Crippen molar-refractivity contribution in [3.8, 4) is 11.1 Å². The fourth-order valence-corrected chi connectivity index (χ4v) is 5.48. The number of pyridine rings is 1. The summed E-state index contributed by atoms with van der Waals surface area (Å²) in [4.78, 5) is 29.9. The number of fused-ring (bicyclic) bond motifs is 1. The lowest BCUT2D eigenvalue weighted by Crippen LogP contribution is -2.28. The fraction of sp³-hybridized carbons (Fsp3) is 0.364. The van der Waals surface area contributed by atoms with Crippen LogP contribution in [0.3, 0.4) is 0 Å². The number of amides is 1. The van der Waals surface area contributed by atoms with E-state index in [1.807, 2.05) is 19.2 Å². The molecular weight excluding hydrogens is 629 g/mol. The number of aromatic nitrogens is 3. The van der Waals surface area contributed by atoms with Crippen molar-refractivity contribution in [2.24, 2.45) is 10.7 Å². The number of benzene rings is 1. The molecule has 3 heterocycles. The number of carbonyl (C=O) groups excluding carboxylic acids is 1. The van der Waals surface area contributed by atoms with Gasteiger partial charge in [0.05, 0.1) is 53.5 Å². The molecule has 14 heteroatoms. The average molecular weight is 668 g/mol. The van der Waals surface area contributed by atoms with E-state index in [1.54, 1.807) is 30.1 Å². The number of ether oxygens (including phenoxy) is 2. The number of aliphatic imine (C=N–C) groups is 1. The molecule has 250 valence electrons. The standard InChI is InChI=1S/C32H37ClFN7O3.CH2O2/c1-20-14-28(32(42)36-10-11-44-13-12-43-2)37-17-24(20)21-15-29-30(39-23-6-4-3-5-7-23)25(18-38-41(29)19-21)31(35)40-27-16-22(34)8-9-26(27)33;2-1-3/h8-9,14-19,23,39H,3-7,10-13H2,1-2H3,(H2,35,40)(H,36,42);1H,(H,2,3). The first-order chi connectivity index (χ1) is 22.7. The minimum Gasteiger partial charge on any atom is -0.483 e. The molecule has 0 radical (unpaired) electrons. The summed E-state index contributed by atoms with van der Waals surface area (Å²) in [6.45, 7) is 3.43. The molecule has 5 rings (SSSR count). The zero-order valence-electron chi connectivity index (χ0n) is 26.3. The van der Waals surface area contributed by atoms with Gasteiger partial charge < -0.3 is 30.9 Å². The minimum atomic E-state index is -0.453. The maximum atomic E-state index is 13.9. The number of hydrogen-bond donors (Lipinski definition) is 4. The van der Waals surface area contributed by atoms with Gasteiger partial charge in [-0.3, -0.25) is 14.6 Å². The van der Waals surface area contributed by atoms with Gasteiger partial charge in [-0.2, -0.15) is 5.10 Å². The molecule has 1 fully saturated rings. The largest absolute Gasteiger partial charge is 0.483 e. The van der Waals surface area contributed by atoms with E-state index in [1.165, 1.54) is 24.6 Å². The van der Waals surface area contributed by atoms with Gasteiger partial charge in [-0.1, -0.05) is 30.9 Å². The van der Waals surface area contributed by atoms with Gasteiger partial charge in [0.25, 0.3) is 12.4 Å². The van der Waals surface area contributed by atoms with E-state index in [2.05, 4.69) is 25.7 Å². The Morgan fingerprint density at radius 2 is 1.96 bits per heavy atom. The highest BCUT2D eigenvalue weighted by molar-refractivity contribution is 6.33. The van der Waals surface area contributed by atoms with Gasteiger partial charge in [0.15, 0.2) is 0 Å². The third-order valence-corrected chi connectivity index (χ3v) is 7.95. The summed E-state index contributed by atoms with van der Waals surface area (Å²) in [5, 5.41) is 18.3. The highest BCUT2D eigenvalue weighted by atomic mass is 35.5. The second-order valence-corrected chi connectivity index (χ2v) is 11.3. The van der Waals surface area contributed by atoms with Gasteiger partial charge in [0.2, 0.25) is 0 Å². The topological polar surface area (TPSA) is 165 Å². The van der Waals surface area contributed by atoms with E-state index < -0.39 is 5.82 Å². The summed E-state index contributed by atoms with van der Waals surface area (Å²) < 4.78 is 26.1. The molecule has 5 N–H and O–H groups in total. The Labute approximate surface area is 277 Å². The van der Waals surface area contributed by atoms with Crippen LogP contribution in [0.4, 0.5) is 15.8 Å². The number of nitrogens with two attached hydrogens (primary N) is 1. The van der Waals surface area contributed by atoms with Gasteiger partial charge in [0, 0.05) is 49.3 Å². The van der Waals surface area contributed by atoms with Gasteiger partial charge in [-0.25, -0.2) is 13.9 Å². The molecule has 1 aliphatic rings. The number of aryl methyl sites for hydroxylation is 1. The Morgan fingerprint density at radius 1 is 1.19 bits per heavy atom. The van der Waals surface area contributed by atoms with Crippen LogP contribution in [0, 0.1) is 12.7 Å². The third-order valence-electron chi connectivity index (χ3n) is 7.63. The van der Waals surface area contributed by atoms with Crippen LogP contribution in [0.1, 0.15) is 53.7 Å². The van der Waals surface area contributed by atoms with Crippen LogP contribution in [0.25, 0.3) is 16.6 Å². The van der Waals surface area contributed by atoms with Crippen LogP contribution in [0.15, 0.2) is 53.9 Å². The Bertz CT molecular complexity index is 1710. The van der Waals surface area contributed by atoms with Crippen molar-refractivity contribution in [1.82, 2.24) is 19.9 Å².